The van der Waals surface area contributed by atoms with Crippen LogP contribution in [-0.2, 0) is 0 Å². The predicted molar refractivity (Wildman–Crippen MR) is 50.7 cm³/mol. The van der Waals surface area contributed by atoms with E-state index in [-0.39, 0.29) is 0 Å². The van der Waals surface area contributed by atoms with Gasteiger partial charge in [-0.25, -0.2) is 0 Å². The van der Waals surface area contributed by atoms with E-state index in [1.54, 1.807) is 11.3 Å². The Kier molecular flexibility index (Phi) is 3.51. The highest BCUT2D eigenvalue weighted by Crippen LogP contribution is 2.26. The van der Waals surface area contributed by atoms with Crippen LogP contribution in [0.3, 0.4) is 0 Å². The molecule has 11 heavy (non-hydrogen) atoms. The van der Waals surface area contributed by atoms with E-state index in [1.807, 2.05) is 11.4 Å². The highest BCUT2D eigenvalue weighted by molar-refractivity contribution is 9.10. The molecule has 0 saturated carbocycles. The lowest BCUT2D eigenvalue weighted by Crippen LogP contribution is -2.05. The first-order valence-corrected chi connectivity index (χ1v) is 5.03. The Hall–Kier alpha value is 0.1000. The first-order chi connectivity index (χ1) is 5.24. The molecule has 2 nitrogen and oxygen atoms in total. The van der Waals surface area contributed by atoms with Crippen LogP contribution < -0.4 is 5.73 Å². The van der Waals surface area contributed by atoms with Gasteiger partial charge in [0.05, 0.1) is 6.10 Å². The van der Waals surface area contributed by atoms with Gasteiger partial charge >= 0.3 is 0 Å². The lowest BCUT2D eigenvalue weighted by Gasteiger charge is -2.04. The molecule has 0 bridgehead atoms. The average Bonchev–Trinajstić information content (AvgIpc) is 2.36. The van der Waals surface area contributed by atoms with Crippen molar-refractivity contribution in [2.75, 3.05) is 6.54 Å². The van der Waals surface area contributed by atoms with Crippen LogP contribution in [0.5, 0.6) is 0 Å². The smallest absolute Gasteiger partial charge is 0.0894 e. The van der Waals surface area contributed by atoms with E-state index in [4.69, 9.17) is 5.73 Å². The zero-order valence-electron chi connectivity index (χ0n) is 5.96. The molecule has 0 aliphatic carbocycles. The Morgan fingerprint density at radius 3 is 2.91 bits per heavy atom. The molecule has 1 aromatic heterocycles. The normalized spacial score (nSPS) is 13.4. The second-order valence-electron chi connectivity index (χ2n) is 2.26. The second kappa shape index (κ2) is 4.21. The fraction of sp³-hybridized carbons (Fsp3) is 0.429. The van der Waals surface area contributed by atoms with Crippen LogP contribution in [0, 0.1) is 0 Å². The van der Waals surface area contributed by atoms with Crippen molar-refractivity contribution in [3.8, 4) is 0 Å². The van der Waals surface area contributed by atoms with E-state index in [2.05, 4.69) is 15.9 Å². The van der Waals surface area contributed by atoms with Crippen LogP contribution in [0.4, 0.5) is 0 Å². The molecular formula is C7H10BrNOS. The van der Waals surface area contributed by atoms with E-state index in [1.165, 1.54) is 0 Å². The van der Waals surface area contributed by atoms with Gasteiger partial charge in [-0.1, -0.05) is 0 Å². The Balaban J connectivity index is 2.60. The van der Waals surface area contributed by atoms with Crippen molar-refractivity contribution in [1.82, 2.24) is 0 Å². The number of nitrogens with two attached hydrogens (primary N) is 1. The number of hydrogen-bond donors (Lipinski definition) is 2. The minimum atomic E-state index is -0.392. The summed E-state index contributed by atoms with van der Waals surface area (Å²) >= 11 is 4.86. The first-order valence-electron chi connectivity index (χ1n) is 3.36. The molecule has 0 saturated heterocycles. The van der Waals surface area contributed by atoms with Gasteiger partial charge in [0.2, 0.25) is 0 Å². The second-order valence-corrected chi connectivity index (χ2v) is 4.12. The average molecular weight is 236 g/mol. The van der Waals surface area contributed by atoms with Gasteiger partial charge in [0, 0.05) is 14.7 Å². The third-order valence-electron chi connectivity index (χ3n) is 1.36. The Bertz CT molecular complexity index is 226. The number of thiophene rings is 1. The van der Waals surface area contributed by atoms with Crippen LogP contribution >= 0.6 is 27.3 Å². The maximum Gasteiger partial charge on any atom is 0.0894 e. The van der Waals surface area contributed by atoms with Crippen molar-refractivity contribution in [2.45, 2.75) is 12.5 Å². The highest BCUT2D eigenvalue weighted by Gasteiger charge is 2.07. The van der Waals surface area contributed by atoms with E-state index in [0.29, 0.717) is 13.0 Å². The topological polar surface area (TPSA) is 46.2 Å². The molecule has 1 aromatic rings. The van der Waals surface area contributed by atoms with Crippen molar-refractivity contribution in [3.63, 3.8) is 0 Å². The van der Waals surface area contributed by atoms with Crippen LogP contribution in [-0.4, -0.2) is 11.7 Å². The number of halogens is 1. The van der Waals surface area contributed by atoms with Crippen molar-refractivity contribution in [3.05, 3.63) is 20.8 Å². The molecule has 1 rings (SSSR count). The van der Waals surface area contributed by atoms with E-state index >= 15 is 0 Å². The van der Waals surface area contributed by atoms with E-state index < -0.39 is 6.10 Å². The van der Waals surface area contributed by atoms with Crippen LogP contribution in [0.15, 0.2) is 15.9 Å². The number of rotatable bonds is 3. The fourth-order valence-corrected chi connectivity index (χ4v) is 2.27. The summed E-state index contributed by atoms with van der Waals surface area (Å²) in [5, 5.41) is 11.4. The molecule has 1 atom stereocenters. The summed E-state index contributed by atoms with van der Waals surface area (Å²) in [7, 11) is 0. The standard InChI is InChI=1S/C7H10BrNOS/c8-5-3-7(11-4-5)6(10)1-2-9/h3-4,6,10H,1-2,9H2/t6-/m1/s1. The van der Waals surface area contributed by atoms with Crippen molar-refractivity contribution < 1.29 is 5.11 Å². The van der Waals surface area contributed by atoms with Crippen molar-refractivity contribution >= 4 is 27.3 Å². The van der Waals surface area contributed by atoms with E-state index in [9.17, 15) is 5.11 Å². The van der Waals surface area contributed by atoms with Crippen LogP contribution in [0.2, 0.25) is 0 Å². The van der Waals surface area contributed by atoms with Gasteiger partial charge in [-0.05, 0) is 35.0 Å². The molecular weight excluding hydrogens is 226 g/mol. The summed E-state index contributed by atoms with van der Waals surface area (Å²) in [6, 6.07) is 1.92. The molecule has 0 fully saturated rings. The monoisotopic (exact) mass is 235 g/mol. The number of aliphatic hydroxyl groups excluding tert-OH is 1. The van der Waals surface area contributed by atoms with Gasteiger partial charge in [-0.3, -0.25) is 0 Å². The molecule has 0 amide bonds. The fourth-order valence-electron chi connectivity index (χ4n) is 0.803. The summed E-state index contributed by atoms with van der Waals surface area (Å²) in [4.78, 5) is 0.974. The van der Waals surface area contributed by atoms with Crippen molar-refractivity contribution in [2.24, 2.45) is 5.73 Å². The molecule has 0 aliphatic rings. The highest BCUT2D eigenvalue weighted by atomic mass is 79.9. The molecule has 4 heteroatoms. The van der Waals surface area contributed by atoms with Crippen molar-refractivity contribution in [1.29, 1.82) is 0 Å². The van der Waals surface area contributed by atoms with Gasteiger partial charge < -0.3 is 10.8 Å². The molecule has 0 spiro atoms. The SMILES string of the molecule is NCC[C@@H](O)c1cc(Br)cs1. The Labute approximate surface area is 78.2 Å². The van der Waals surface area contributed by atoms with Gasteiger partial charge in [0.25, 0.3) is 0 Å². The maximum absolute atomic E-state index is 9.44. The molecule has 0 aromatic carbocycles. The van der Waals surface area contributed by atoms with Gasteiger partial charge in [-0.15, -0.1) is 11.3 Å². The third kappa shape index (κ3) is 2.56. The zero-order chi connectivity index (χ0) is 8.27. The Morgan fingerprint density at radius 1 is 1.73 bits per heavy atom. The minimum Gasteiger partial charge on any atom is -0.388 e. The maximum atomic E-state index is 9.44. The predicted octanol–water partition coefficient (Wildman–Crippen LogP) is 1.89. The molecule has 1 heterocycles. The lowest BCUT2D eigenvalue weighted by molar-refractivity contribution is 0.174. The first kappa shape index (κ1) is 9.19. The summed E-state index contributed by atoms with van der Waals surface area (Å²) in [6.07, 6.45) is 0.240. The van der Waals surface area contributed by atoms with Gasteiger partial charge in [0.1, 0.15) is 0 Å². The summed E-state index contributed by atoms with van der Waals surface area (Å²) in [5.74, 6) is 0. The Morgan fingerprint density at radius 2 is 2.45 bits per heavy atom. The van der Waals surface area contributed by atoms with E-state index in [0.717, 1.165) is 9.35 Å². The quantitative estimate of drug-likeness (QED) is 0.841. The molecule has 0 aliphatic heterocycles. The lowest BCUT2D eigenvalue weighted by atomic mass is 10.2. The number of aliphatic hydroxyl groups is 1. The molecule has 62 valence electrons. The minimum absolute atomic E-state index is 0.392. The summed E-state index contributed by atoms with van der Waals surface area (Å²) in [6.45, 7) is 0.524. The molecule has 3 N–H and O–H groups in total. The summed E-state index contributed by atoms with van der Waals surface area (Å²) in [5.41, 5.74) is 5.31. The largest absolute Gasteiger partial charge is 0.388 e. The molecule has 0 unspecified atom stereocenters. The third-order valence-corrected chi connectivity index (χ3v) is 3.15. The number of hydrogen-bond acceptors (Lipinski definition) is 3. The van der Waals surface area contributed by atoms with Gasteiger partial charge in [-0.2, -0.15) is 0 Å². The molecule has 0 radical (unpaired) electrons. The van der Waals surface area contributed by atoms with Crippen LogP contribution in [0.1, 0.15) is 17.4 Å². The zero-order valence-corrected chi connectivity index (χ0v) is 8.36. The van der Waals surface area contributed by atoms with Gasteiger partial charge in [0.15, 0.2) is 0 Å². The summed E-state index contributed by atoms with van der Waals surface area (Å²) < 4.78 is 1.02. The van der Waals surface area contributed by atoms with Crippen LogP contribution in [0.25, 0.3) is 0 Å².